The molecular formula is C28H33ClN2O2. The second kappa shape index (κ2) is 11.5. The smallest absolute Gasteiger partial charge is 0.407 e. The molecule has 2 aliphatic carbocycles. The maximum atomic E-state index is 12.0. The Hall–Kier alpha value is -2.55. The molecule has 174 valence electrons. The summed E-state index contributed by atoms with van der Waals surface area (Å²) in [6.07, 6.45) is 14.5. The van der Waals surface area contributed by atoms with E-state index in [-0.39, 0.29) is 12.0 Å². The van der Waals surface area contributed by atoms with E-state index < -0.39 is 0 Å². The highest BCUT2D eigenvalue weighted by Gasteiger charge is 2.23. The van der Waals surface area contributed by atoms with Crippen molar-refractivity contribution in [1.82, 2.24) is 5.32 Å². The van der Waals surface area contributed by atoms with Gasteiger partial charge in [-0.3, -0.25) is 4.99 Å². The number of rotatable bonds is 9. The predicted octanol–water partition coefficient (Wildman–Crippen LogP) is 7.32. The van der Waals surface area contributed by atoms with Gasteiger partial charge < -0.3 is 10.1 Å². The summed E-state index contributed by atoms with van der Waals surface area (Å²) >= 11 is 6.19. The van der Waals surface area contributed by atoms with Crippen molar-refractivity contribution in [3.8, 4) is 0 Å². The van der Waals surface area contributed by atoms with E-state index in [1.165, 1.54) is 36.8 Å². The lowest BCUT2D eigenvalue weighted by Gasteiger charge is -2.12. The lowest BCUT2D eigenvalue weighted by molar-refractivity contribution is 0.143. The van der Waals surface area contributed by atoms with Crippen molar-refractivity contribution in [3.05, 3.63) is 75.2 Å². The minimum absolute atomic E-state index is 0.269. The number of allylic oxidation sites excluding steroid dienone is 4. The molecule has 0 saturated heterocycles. The number of aliphatic imine (C=N–C) groups is 1. The van der Waals surface area contributed by atoms with Crippen molar-refractivity contribution >= 4 is 23.9 Å². The molecule has 1 saturated carbocycles. The summed E-state index contributed by atoms with van der Waals surface area (Å²) in [5.74, 6) is 0.986. The van der Waals surface area contributed by atoms with Crippen LogP contribution < -0.4 is 5.32 Å². The SMILES string of the molecule is CCC1=CC(Cl)=C=CC2=C1N=CC2CCCCOC(=O)NCc1ccc(C2CCCC2)cc1. The van der Waals surface area contributed by atoms with Crippen LogP contribution in [0.3, 0.4) is 0 Å². The molecule has 4 nitrogen and oxygen atoms in total. The Morgan fingerprint density at radius 2 is 2.00 bits per heavy atom. The third kappa shape index (κ3) is 6.28. The van der Waals surface area contributed by atoms with Crippen LogP contribution in [0.5, 0.6) is 0 Å². The number of halogens is 1. The van der Waals surface area contributed by atoms with Gasteiger partial charge in [0.2, 0.25) is 0 Å². The molecular weight excluding hydrogens is 432 g/mol. The molecule has 1 fully saturated rings. The third-order valence-electron chi connectivity index (χ3n) is 6.79. The molecule has 0 bridgehead atoms. The van der Waals surface area contributed by atoms with Crippen LogP contribution in [0.25, 0.3) is 0 Å². The zero-order chi connectivity index (χ0) is 23.0. The monoisotopic (exact) mass is 464 g/mol. The highest BCUT2D eigenvalue weighted by Crippen LogP contribution is 2.35. The van der Waals surface area contributed by atoms with Crippen molar-refractivity contribution in [2.24, 2.45) is 10.9 Å². The molecule has 1 aromatic carbocycles. The van der Waals surface area contributed by atoms with E-state index in [9.17, 15) is 4.79 Å². The number of amides is 1. The van der Waals surface area contributed by atoms with Crippen molar-refractivity contribution in [1.29, 1.82) is 0 Å². The van der Waals surface area contributed by atoms with Crippen molar-refractivity contribution in [2.75, 3.05) is 6.61 Å². The van der Waals surface area contributed by atoms with Crippen molar-refractivity contribution < 1.29 is 9.53 Å². The van der Waals surface area contributed by atoms with Gasteiger partial charge in [-0.05, 0) is 78.9 Å². The molecule has 0 spiro atoms. The summed E-state index contributed by atoms with van der Waals surface area (Å²) in [6, 6.07) is 8.64. The molecule has 1 unspecified atom stereocenters. The molecule has 1 heterocycles. The fourth-order valence-corrected chi connectivity index (χ4v) is 5.06. The first kappa shape index (κ1) is 23.6. The zero-order valence-corrected chi connectivity index (χ0v) is 20.2. The first-order chi connectivity index (χ1) is 16.1. The Morgan fingerprint density at radius 3 is 2.76 bits per heavy atom. The average molecular weight is 465 g/mol. The molecule has 3 aliphatic rings. The van der Waals surface area contributed by atoms with Crippen LogP contribution in [0.4, 0.5) is 4.79 Å². The number of nitrogens with zero attached hydrogens (tertiary/aromatic N) is 1. The van der Waals surface area contributed by atoms with Gasteiger partial charge in [0.25, 0.3) is 0 Å². The fraction of sp³-hybridized carbons (Fsp3) is 0.464. The predicted molar refractivity (Wildman–Crippen MR) is 135 cm³/mol. The van der Waals surface area contributed by atoms with Gasteiger partial charge in [0.05, 0.1) is 17.3 Å². The van der Waals surface area contributed by atoms with Gasteiger partial charge in [0.1, 0.15) is 0 Å². The summed E-state index contributed by atoms with van der Waals surface area (Å²) in [5, 5.41) is 3.48. The Bertz CT molecular complexity index is 1010. The number of unbranched alkanes of at least 4 members (excludes halogenated alkanes) is 1. The fourth-order valence-electron chi connectivity index (χ4n) is 4.87. The number of benzene rings is 1. The van der Waals surface area contributed by atoms with Crippen LogP contribution in [-0.4, -0.2) is 18.9 Å². The molecule has 0 radical (unpaired) electrons. The zero-order valence-electron chi connectivity index (χ0n) is 19.4. The van der Waals surface area contributed by atoms with Crippen LogP contribution in [0.15, 0.2) is 69.0 Å². The summed E-state index contributed by atoms with van der Waals surface area (Å²) in [7, 11) is 0. The van der Waals surface area contributed by atoms with E-state index in [2.05, 4.69) is 47.2 Å². The molecule has 33 heavy (non-hydrogen) atoms. The number of nitrogens with one attached hydrogen (secondary N) is 1. The Kier molecular flexibility index (Phi) is 8.25. The quantitative estimate of drug-likeness (QED) is 0.307. The largest absolute Gasteiger partial charge is 0.450 e. The van der Waals surface area contributed by atoms with Crippen LogP contribution in [0.1, 0.15) is 75.3 Å². The van der Waals surface area contributed by atoms with E-state index in [4.69, 9.17) is 16.3 Å². The van der Waals surface area contributed by atoms with E-state index >= 15 is 0 Å². The molecule has 1 aliphatic heterocycles. The van der Waals surface area contributed by atoms with E-state index in [1.54, 1.807) is 0 Å². The van der Waals surface area contributed by atoms with E-state index in [0.717, 1.165) is 42.5 Å². The van der Waals surface area contributed by atoms with Crippen molar-refractivity contribution in [3.63, 3.8) is 0 Å². The van der Waals surface area contributed by atoms with Gasteiger partial charge >= 0.3 is 6.09 Å². The summed E-state index contributed by atoms with van der Waals surface area (Å²) in [6.45, 7) is 3.03. The Balaban J connectivity index is 1.14. The number of hydrogen-bond acceptors (Lipinski definition) is 3. The number of alkyl carbamates (subject to hydrolysis) is 1. The lowest BCUT2D eigenvalue weighted by Crippen LogP contribution is -2.24. The summed E-state index contributed by atoms with van der Waals surface area (Å²) in [5.41, 5.74) is 9.05. The topological polar surface area (TPSA) is 50.7 Å². The van der Waals surface area contributed by atoms with E-state index in [0.29, 0.717) is 24.1 Å². The molecule has 4 rings (SSSR count). The van der Waals surface area contributed by atoms with Crippen LogP contribution in [0, 0.1) is 5.92 Å². The maximum Gasteiger partial charge on any atom is 0.407 e. The molecule has 1 amide bonds. The number of hydrogen-bond donors (Lipinski definition) is 1. The van der Waals surface area contributed by atoms with Gasteiger partial charge in [0.15, 0.2) is 0 Å². The van der Waals surface area contributed by atoms with Gasteiger partial charge in [-0.2, -0.15) is 0 Å². The standard InChI is InChI=1S/C28H33ClN2O2/c1-2-21-17-25(29)14-15-26-24(19-30-27(21)26)9-5-6-16-33-28(32)31-18-20-10-12-23(13-11-20)22-7-3-4-8-22/h10-13,15,17,19,22,24H,2-9,16,18H2,1H3,(H,31,32). The average Bonchev–Trinajstić information content (AvgIpc) is 3.47. The number of carbonyl (C=O) groups is 1. The number of carbonyl (C=O) groups excluding carboxylic acids is 1. The summed E-state index contributed by atoms with van der Waals surface area (Å²) < 4.78 is 5.36. The highest BCUT2D eigenvalue weighted by atomic mass is 35.5. The highest BCUT2D eigenvalue weighted by molar-refractivity contribution is 6.31. The molecule has 1 aromatic rings. The first-order valence-electron chi connectivity index (χ1n) is 12.2. The van der Waals surface area contributed by atoms with Gasteiger partial charge in [0, 0.05) is 18.7 Å². The molecule has 5 heteroatoms. The molecule has 1 N–H and O–H groups in total. The first-order valence-corrected chi connectivity index (χ1v) is 12.6. The van der Waals surface area contributed by atoms with Crippen molar-refractivity contribution in [2.45, 2.75) is 70.8 Å². The third-order valence-corrected chi connectivity index (χ3v) is 7.01. The van der Waals surface area contributed by atoms with Gasteiger partial charge in [-0.15, -0.1) is 5.73 Å². The Labute approximate surface area is 202 Å². The summed E-state index contributed by atoms with van der Waals surface area (Å²) in [4.78, 5) is 16.7. The minimum atomic E-state index is -0.355. The van der Waals surface area contributed by atoms with Gasteiger partial charge in [-0.25, -0.2) is 4.79 Å². The minimum Gasteiger partial charge on any atom is -0.450 e. The van der Waals surface area contributed by atoms with Crippen LogP contribution in [0.2, 0.25) is 0 Å². The lowest BCUT2D eigenvalue weighted by atomic mass is 9.93. The van der Waals surface area contributed by atoms with Gasteiger partial charge in [-0.1, -0.05) is 55.6 Å². The second-order valence-electron chi connectivity index (χ2n) is 9.06. The van der Waals surface area contributed by atoms with Crippen LogP contribution in [-0.2, 0) is 11.3 Å². The normalized spacial score (nSPS) is 19.9. The second-order valence-corrected chi connectivity index (χ2v) is 9.46. The Morgan fingerprint density at radius 1 is 1.21 bits per heavy atom. The maximum absolute atomic E-state index is 12.0. The molecule has 0 aromatic heterocycles. The van der Waals surface area contributed by atoms with E-state index in [1.807, 2.05) is 18.4 Å². The van der Waals surface area contributed by atoms with Crippen LogP contribution >= 0.6 is 11.6 Å². The molecule has 1 atom stereocenters. The number of ether oxygens (including phenoxy) is 1.